The highest BCUT2D eigenvalue weighted by atomic mass is 19.3. The van der Waals surface area contributed by atoms with Crippen LogP contribution >= 0.6 is 0 Å². The lowest BCUT2D eigenvalue weighted by Gasteiger charge is -2.44. The van der Waals surface area contributed by atoms with Crippen LogP contribution in [0.15, 0.2) is 0 Å². The van der Waals surface area contributed by atoms with Crippen molar-refractivity contribution in [2.75, 3.05) is 0 Å². The van der Waals surface area contributed by atoms with Gasteiger partial charge in [0, 0.05) is 25.2 Å². The Morgan fingerprint density at radius 2 is 2.04 bits per heavy atom. The predicted molar refractivity (Wildman–Crippen MR) is 99.9 cm³/mol. The molecule has 2 fully saturated rings. The van der Waals surface area contributed by atoms with Crippen LogP contribution in [0.1, 0.15) is 78.6 Å². The Hall–Kier alpha value is -1.08. The maximum absolute atomic E-state index is 14.7. The van der Waals surface area contributed by atoms with Crippen molar-refractivity contribution in [2.45, 2.75) is 96.4 Å². The summed E-state index contributed by atoms with van der Waals surface area (Å²) in [5.41, 5.74) is 0. The minimum atomic E-state index is -3.41. The standard InChI is InChI=1S/C21H34F2O5/c1-4-6-7-8-15(19(25)26)18-14-9-10-21(27,28-17(14)11-16(18)24)20(22,23)12-13(3)5-2/h13-15,17-18,27H,4-12H2,1-3H3,(H,25,26)/t13-,14-,15?,17+,18+,21+/m0/s1. The first-order valence-electron chi connectivity index (χ1n) is 10.6. The number of carbonyl (C=O) groups excluding carboxylic acids is 1. The minimum Gasteiger partial charge on any atom is -0.481 e. The monoisotopic (exact) mass is 404 g/mol. The largest absolute Gasteiger partial charge is 0.481 e. The van der Waals surface area contributed by atoms with Gasteiger partial charge in [-0.05, 0) is 24.7 Å². The van der Waals surface area contributed by atoms with Crippen LogP contribution in [0.3, 0.4) is 0 Å². The van der Waals surface area contributed by atoms with Crippen LogP contribution in [-0.2, 0) is 14.3 Å². The van der Waals surface area contributed by atoms with E-state index in [0.717, 1.165) is 12.8 Å². The Labute approximate surface area is 165 Å². The molecule has 28 heavy (non-hydrogen) atoms. The van der Waals surface area contributed by atoms with Crippen LogP contribution < -0.4 is 0 Å². The van der Waals surface area contributed by atoms with E-state index in [2.05, 4.69) is 0 Å². The van der Waals surface area contributed by atoms with Gasteiger partial charge in [0.15, 0.2) is 0 Å². The number of alkyl halides is 2. The molecule has 162 valence electrons. The molecule has 1 saturated carbocycles. The van der Waals surface area contributed by atoms with E-state index >= 15 is 0 Å². The zero-order chi connectivity index (χ0) is 21.1. The second-order valence-electron chi connectivity index (χ2n) is 8.70. The van der Waals surface area contributed by atoms with Crippen molar-refractivity contribution in [3.05, 3.63) is 0 Å². The number of aliphatic carboxylic acids is 1. The Morgan fingerprint density at radius 3 is 2.61 bits per heavy atom. The third kappa shape index (κ3) is 4.73. The highest BCUT2D eigenvalue weighted by Gasteiger charge is 2.61. The summed E-state index contributed by atoms with van der Waals surface area (Å²) >= 11 is 0. The van der Waals surface area contributed by atoms with Crippen LogP contribution in [0.4, 0.5) is 8.78 Å². The molecule has 2 aliphatic rings. The highest BCUT2D eigenvalue weighted by Crippen LogP contribution is 2.51. The molecule has 0 bridgehead atoms. The number of hydrogen-bond donors (Lipinski definition) is 2. The van der Waals surface area contributed by atoms with Crippen molar-refractivity contribution in [3.63, 3.8) is 0 Å². The lowest BCUT2D eigenvalue weighted by atomic mass is 9.75. The molecule has 0 spiro atoms. The summed E-state index contributed by atoms with van der Waals surface area (Å²) < 4.78 is 34.9. The van der Waals surface area contributed by atoms with Gasteiger partial charge in [0.25, 0.3) is 0 Å². The van der Waals surface area contributed by atoms with Gasteiger partial charge in [-0.3, -0.25) is 9.59 Å². The van der Waals surface area contributed by atoms with Gasteiger partial charge in [0.2, 0.25) is 5.79 Å². The van der Waals surface area contributed by atoms with Crippen LogP contribution in [0.25, 0.3) is 0 Å². The molecule has 1 saturated heterocycles. The molecule has 0 aromatic carbocycles. The fraction of sp³-hybridized carbons (Fsp3) is 0.905. The summed E-state index contributed by atoms with van der Waals surface area (Å²) in [5, 5.41) is 20.2. The van der Waals surface area contributed by atoms with Crippen LogP contribution in [0, 0.1) is 23.7 Å². The SMILES string of the molecule is CCCCCC(C(=O)O)[C@@H]1C(=O)C[C@H]2O[C@@](O)(C(F)(F)C[C@@H](C)CC)CC[C@@H]21. The molecular formula is C21H34F2O5. The molecule has 1 heterocycles. The topological polar surface area (TPSA) is 83.8 Å². The minimum absolute atomic E-state index is 0.103. The summed E-state index contributed by atoms with van der Waals surface area (Å²) in [4.78, 5) is 24.4. The Balaban J connectivity index is 2.14. The zero-order valence-corrected chi connectivity index (χ0v) is 17.1. The average Bonchev–Trinajstić information content (AvgIpc) is 2.92. The van der Waals surface area contributed by atoms with Crippen LogP contribution in [0.2, 0.25) is 0 Å². The molecule has 7 heteroatoms. The number of carbonyl (C=O) groups is 2. The molecule has 0 aromatic rings. The summed E-state index contributed by atoms with van der Waals surface area (Å²) in [6.45, 7) is 5.53. The van der Waals surface area contributed by atoms with E-state index in [9.17, 15) is 28.6 Å². The number of hydrogen-bond acceptors (Lipinski definition) is 4. The smallest absolute Gasteiger partial charge is 0.307 e. The fourth-order valence-electron chi connectivity index (χ4n) is 4.73. The molecule has 2 N–H and O–H groups in total. The molecule has 0 radical (unpaired) electrons. The molecule has 0 aromatic heterocycles. The molecule has 5 nitrogen and oxygen atoms in total. The molecule has 6 atom stereocenters. The van der Waals surface area contributed by atoms with Gasteiger partial charge < -0.3 is 14.9 Å². The maximum atomic E-state index is 14.7. The van der Waals surface area contributed by atoms with E-state index in [1.54, 1.807) is 6.92 Å². The van der Waals surface area contributed by atoms with Crippen LogP contribution in [0.5, 0.6) is 0 Å². The third-order valence-electron chi connectivity index (χ3n) is 6.62. The number of carboxylic acid groups (broad SMARTS) is 1. The first kappa shape index (κ1) is 23.2. The van der Waals surface area contributed by atoms with Crippen molar-refractivity contribution in [2.24, 2.45) is 23.7 Å². The Kier molecular flexibility index (Phi) is 7.59. The Bertz CT molecular complexity index is 567. The third-order valence-corrected chi connectivity index (χ3v) is 6.62. The van der Waals surface area contributed by atoms with E-state index in [4.69, 9.17) is 4.74 Å². The van der Waals surface area contributed by atoms with E-state index in [0.29, 0.717) is 19.3 Å². The van der Waals surface area contributed by atoms with Gasteiger partial charge in [0.1, 0.15) is 5.78 Å². The van der Waals surface area contributed by atoms with Gasteiger partial charge in [-0.2, -0.15) is 0 Å². The predicted octanol–water partition coefficient (Wildman–Crippen LogP) is 4.41. The van der Waals surface area contributed by atoms with E-state index in [1.807, 2.05) is 13.8 Å². The summed E-state index contributed by atoms with van der Waals surface area (Å²) in [6.07, 6.45) is 1.97. The maximum Gasteiger partial charge on any atom is 0.307 e. The quantitative estimate of drug-likeness (QED) is 0.527. The molecule has 1 unspecified atom stereocenters. The normalized spacial score (nSPS) is 32.8. The summed E-state index contributed by atoms with van der Waals surface area (Å²) in [7, 11) is 0. The number of ketones is 1. The number of aliphatic hydroxyl groups is 1. The number of fused-ring (bicyclic) bond motifs is 1. The second-order valence-corrected chi connectivity index (χ2v) is 8.70. The number of unbranched alkanes of at least 4 members (excludes halogenated alkanes) is 2. The van der Waals surface area contributed by atoms with Crippen molar-refractivity contribution in [1.29, 1.82) is 0 Å². The molecule has 0 amide bonds. The van der Waals surface area contributed by atoms with E-state index in [1.165, 1.54) is 0 Å². The second kappa shape index (κ2) is 9.16. The fourth-order valence-corrected chi connectivity index (χ4v) is 4.73. The first-order valence-corrected chi connectivity index (χ1v) is 10.6. The molecular weight excluding hydrogens is 370 g/mol. The van der Waals surface area contributed by atoms with E-state index < -0.39 is 48.0 Å². The molecule has 1 aliphatic carbocycles. The summed E-state index contributed by atoms with van der Waals surface area (Å²) in [6, 6.07) is 0. The first-order chi connectivity index (χ1) is 13.1. The highest BCUT2D eigenvalue weighted by molar-refractivity contribution is 5.89. The molecule has 1 aliphatic heterocycles. The van der Waals surface area contributed by atoms with Gasteiger partial charge in [-0.1, -0.05) is 46.5 Å². The number of halogens is 2. The van der Waals surface area contributed by atoms with Gasteiger partial charge in [0.05, 0.1) is 12.0 Å². The number of Topliss-reactive ketones (excluding diaryl/α,β-unsaturated/α-hetero) is 1. The van der Waals surface area contributed by atoms with Gasteiger partial charge in [-0.25, -0.2) is 8.78 Å². The summed E-state index contributed by atoms with van der Waals surface area (Å²) in [5.74, 6) is -9.48. The molecule has 2 rings (SSSR count). The van der Waals surface area contributed by atoms with Crippen molar-refractivity contribution < 1.29 is 33.3 Å². The lowest BCUT2D eigenvalue weighted by Crippen LogP contribution is -2.56. The van der Waals surface area contributed by atoms with Crippen molar-refractivity contribution >= 4 is 11.8 Å². The zero-order valence-electron chi connectivity index (χ0n) is 17.1. The van der Waals surface area contributed by atoms with Gasteiger partial charge >= 0.3 is 11.9 Å². The Morgan fingerprint density at radius 1 is 1.36 bits per heavy atom. The average molecular weight is 404 g/mol. The van der Waals surface area contributed by atoms with E-state index in [-0.39, 0.29) is 31.0 Å². The number of rotatable bonds is 10. The van der Waals surface area contributed by atoms with Crippen molar-refractivity contribution in [3.8, 4) is 0 Å². The van der Waals surface area contributed by atoms with Crippen molar-refractivity contribution in [1.82, 2.24) is 0 Å². The lowest BCUT2D eigenvalue weighted by molar-refractivity contribution is -0.358. The van der Waals surface area contributed by atoms with Gasteiger partial charge in [-0.15, -0.1) is 0 Å². The number of ether oxygens (including phenoxy) is 1. The van der Waals surface area contributed by atoms with Crippen LogP contribution in [-0.4, -0.2) is 39.8 Å². The number of carboxylic acids is 1.